The Labute approximate surface area is 159 Å². The monoisotopic (exact) mass is 379 g/mol. The second-order valence-corrected chi connectivity index (χ2v) is 6.91. The smallest absolute Gasteiger partial charge is 0.252 e. The molecule has 27 heavy (non-hydrogen) atoms. The third-order valence-electron chi connectivity index (χ3n) is 3.97. The molecular weight excluding hydrogens is 362 g/mol. The topological polar surface area (TPSA) is 90.5 Å². The van der Waals surface area contributed by atoms with E-state index in [-0.39, 0.29) is 5.91 Å². The Balaban J connectivity index is 1.41. The molecule has 9 heteroatoms. The standard InChI is InChI=1S/C18H17N7OS/c1-24-12-22-23-18(24)27-8-7-19-17(26)13-9-15-16(20-10-13)25(11-21-15)14-5-3-2-4-6-14/h2-6,9-12H,7-8H2,1H3,(H,19,26). The molecule has 0 aliphatic heterocycles. The molecule has 0 aliphatic rings. The first-order valence-electron chi connectivity index (χ1n) is 8.36. The molecule has 0 radical (unpaired) electrons. The molecule has 4 aromatic rings. The minimum atomic E-state index is -0.169. The van der Waals surface area contributed by atoms with Gasteiger partial charge in [-0.2, -0.15) is 0 Å². The largest absolute Gasteiger partial charge is 0.351 e. The predicted molar refractivity (Wildman–Crippen MR) is 103 cm³/mol. The number of pyridine rings is 1. The van der Waals surface area contributed by atoms with Crippen molar-refractivity contribution in [2.75, 3.05) is 12.3 Å². The number of hydrogen-bond donors (Lipinski definition) is 1. The number of benzene rings is 1. The number of carbonyl (C=O) groups excluding carboxylic acids is 1. The van der Waals surface area contributed by atoms with Gasteiger partial charge in [-0.15, -0.1) is 10.2 Å². The zero-order valence-electron chi connectivity index (χ0n) is 14.6. The fraction of sp³-hybridized carbons (Fsp3) is 0.167. The zero-order chi connectivity index (χ0) is 18.6. The maximum atomic E-state index is 12.4. The van der Waals surface area contributed by atoms with Crippen molar-refractivity contribution in [3.8, 4) is 5.69 Å². The number of imidazole rings is 1. The van der Waals surface area contributed by atoms with Gasteiger partial charge in [0.15, 0.2) is 10.8 Å². The van der Waals surface area contributed by atoms with E-state index in [0.717, 1.165) is 16.5 Å². The van der Waals surface area contributed by atoms with Gasteiger partial charge >= 0.3 is 0 Å². The van der Waals surface area contributed by atoms with Crippen LogP contribution in [0.1, 0.15) is 10.4 Å². The second-order valence-electron chi connectivity index (χ2n) is 5.85. The van der Waals surface area contributed by atoms with Crippen LogP contribution in [0.5, 0.6) is 0 Å². The van der Waals surface area contributed by atoms with Crippen LogP contribution in [0.2, 0.25) is 0 Å². The fourth-order valence-corrected chi connectivity index (χ4v) is 3.36. The first kappa shape index (κ1) is 17.2. The predicted octanol–water partition coefficient (Wildman–Crippen LogP) is 2.07. The van der Waals surface area contributed by atoms with Gasteiger partial charge in [0, 0.05) is 31.2 Å². The molecule has 1 amide bonds. The molecule has 8 nitrogen and oxygen atoms in total. The molecule has 136 valence electrons. The van der Waals surface area contributed by atoms with Gasteiger partial charge in [0.2, 0.25) is 0 Å². The summed E-state index contributed by atoms with van der Waals surface area (Å²) in [5.74, 6) is 0.536. The molecular formula is C18H17N7OS. The normalized spacial score (nSPS) is 11.0. The van der Waals surface area contributed by atoms with Gasteiger partial charge in [0.25, 0.3) is 5.91 Å². The Morgan fingerprint density at radius 3 is 2.81 bits per heavy atom. The van der Waals surface area contributed by atoms with E-state index in [1.54, 1.807) is 24.9 Å². The molecule has 0 saturated heterocycles. The van der Waals surface area contributed by atoms with Crippen molar-refractivity contribution in [2.45, 2.75) is 5.16 Å². The maximum Gasteiger partial charge on any atom is 0.252 e. The van der Waals surface area contributed by atoms with Gasteiger partial charge in [-0.05, 0) is 18.2 Å². The van der Waals surface area contributed by atoms with Gasteiger partial charge in [-0.25, -0.2) is 9.97 Å². The highest BCUT2D eigenvalue weighted by atomic mass is 32.2. The van der Waals surface area contributed by atoms with Gasteiger partial charge in [-0.1, -0.05) is 30.0 Å². The van der Waals surface area contributed by atoms with Crippen molar-refractivity contribution in [1.82, 2.24) is 34.6 Å². The third-order valence-corrected chi connectivity index (χ3v) is 5.01. The van der Waals surface area contributed by atoms with Crippen LogP contribution < -0.4 is 5.32 Å². The summed E-state index contributed by atoms with van der Waals surface area (Å²) in [6.07, 6.45) is 4.94. The Hall–Kier alpha value is -3.20. The second kappa shape index (κ2) is 7.58. The lowest BCUT2D eigenvalue weighted by molar-refractivity contribution is 0.0956. The van der Waals surface area contributed by atoms with Gasteiger partial charge in [0.1, 0.15) is 18.2 Å². The van der Waals surface area contributed by atoms with Crippen molar-refractivity contribution >= 4 is 28.8 Å². The molecule has 1 aromatic carbocycles. The minimum absolute atomic E-state index is 0.169. The van der Waals surface area contributed by atoms with Gasteiger partial charge < -0.3 is 9.88 Å². The van der Waals surface area contributed by atoms with Crippen molar-refractivity contribution < 1.29 is 4.79 Å². The molecule has 0 fully saturated rings. The summed E-state index contributed by atoms with van der Waals surface area (Å²) in [5, 5.41) is 11.5. The lowest BCUT2D eigenvalue weighted by Crippen LogP contribution is -2.25. The van der Waals surface area contributed by atoms with Crippen LogP contribution >= 0.6 is 11.8 Å². The molecule has 0 saturated carbocycles. The lowest BCUT2D eigenvalue weighted by Gasteiger charge is -2.06. The lowest BCUT2D eigenvalue weighted by atomic mass is 10.2. The highest BCUT2D eigenvalue weighted by Crippen LogP contribution is 2.17. The van der Waals surface area contributed by atoms with E-state index < -0.39 is 0 Å². The molecule has 3 heterocycles. The molecule has 4 rings (SSSR count). The SMILES string of the molecule is Cn1cnnc1SCCNC(=O)c1cnc2c(c1)ncn2-c1ccccc1. The summed E-state index contributed by atoms with van der Waals surface area (Å²) in [6.45, 7) is 0.521. The number of para-hydroxylation sites is 1. The number of nitrogens with zero attached hydrogens (tertiary/aromatic N) is 6. The summed E-state index contributed by atoms with van der Waals surface area (Å²) in [4.78, 5) is 21.2. The van der Waals surface area contributed by atoms with Crippen molar-refractivity contribution in [3.05, 3.63) is 60.8 Å². The van der Waals surface area contributed by atoms with Gasteiger partial charge in [-0.3, -0.25) is 9.36 Å². The average molecular weight is 379 g/mol. The zero-order valence-corrected chi connectivity index (χ0v) is 15.4. The first-order valence-corrected chi connectivity index (χ1v) is 9.34. The summed E-state index contributed by atoms with van der Waals surface area (Å²) in [6, 6.07) is 11.6. The highest BCUT2D eigenvalue weighted by Gasteiger charge is 2.11. The van der Waals surface area contributed by atoms with Crippen LogP contribution in [0.3, 0.4) is 0 Å². The number of thioether (sulfide) groups is 1. The summed E-state index contributed by atoms with van der Waals surface area (Å²) >= 11 is 1.54. The number of aryl methyl sites for hydroxylation is 1. The maximum absolute atomic E-state index is 12.4. The third kappa shape index (κ3) is 3.68. The van der Waals surface area contributed by atoms with E-state index in [2.05, 4.69) is 25.5 Å². The molecule has 0 bridgehead atoms. The van der Waals surface area contributed by atoms with Gasteiger partial charge in [0.05, 0.1) is 5.56 Å². The van der Waals surface area contributed by atoms with Crippen LogP contribution in [0.15, 0.2) is 60.4 Å². The molecule has 0 unspecified atom stereocenters. The number of hydrogen-bond acceptors (Lipinski definition) is 6. The van der Waals surface area contributed by atoms with Crippen molar-refractivity contribution in [3.63, 3.8) is 0 Å². The number of aromatic nitrogens is 6. The average Bonchev–Trinajstić information content (AvgIpc) is 3.31. The van der Waals surface area contributed by atoms with E-state index >= 15 is 0 Å². The Morgan fingerprint density at radius 2 is 2.04 bits per heavy atom. The van der Waals surface area contributed by atoms with Crippen molar-refractivity contribution in [2.24, 2.45) is 7.05 Å². The summed E-state index contributed by atoms with van der Waals surface area (Å²) in [5.41, 5.74) is 2.87. The van der Waals surface area contributed by atoms with Crippen LogP contribution in [0, 0.1) is 0 Å². The van der Waals surface area contributed by atoms with E-state index in [4.69, 9.17) is 0 Å². The number of nitrogens with one attached hydrogen (secondary N) is 1. The van der Waals surface area contributed by atoms with Crippen LogP contribution in [-0.2, 0) is 7.05 Å². The minimum Gasteiger partial charge on any atom is -0.351 e. The fourth-order valence-electron chi connectivity index (χ4n) is 2.62. The Kier molecular flexibility index (Phi) is 4.84. The summed E-state index contributed by atoms with van der Waals surface area (Å²) < 4.78 is 3.74. The molecule has 3 aromatic heterocycles. The molecule has 1 N–H and O–H groups in total. The molecule has 0 spiro atoms. The van der Waals surface area contributed by atoms with Crippen LogP contribution in [0.4, 0.5) is 0 Å². The number of fused-ring (bicyclic) bond motifs is 1. The van der Waals surface area contributed by atoms with E-state index in [0.29, 0.717) is 23.4 Å². The van der Waals surface area contributed by atoms with E-state index in [1.165, 1.54) is 11.8 Å². The van der Waals surface area contributed by atoms with E-state index in [1.807, 2.05) is 46.5 Å². The molecule has 0 aliphatic carbocycles. The van der Waals surface area contributed by atoms with Crippen LogP contribution in [-0.4, -0.2) is 47.5 Å². The Morgan fingerprint density at radius 1 is 1.19 bits per heavy atom. The first-order chi connectivity index (χ1) is 13.2. The molecule has 0 atom stereocenters. The summed E-state index contributed by atoms with van der Waals surface area (Å²) in [7, 11) is 1.89. The quantitative estimate of drug-likeness (QED) is 0.407. The number of amides is 1. The Bertz CT molecular complexity index is 1070. The van der Waals surface area contributed by atoms with E-state index in [9.17, 15) is 4.79 Å². The number of carbonyl (C=O) groups is 1. The number of rotatable bonds is 6. The van der Waals surface area contributed by atoms with Crippen molar-refractivity contribution in [1.29, 1.82) is 0 Å². The van der Waals surface area contributed by atoms with Crippen LogP contribution in [0.25, 0.3) is 16.9 Å². The highest BCUT2D eigenvalue weighted by molar-refractivity contribution is 7.99.